The predicted octanol–water partition coefficient (Wildman–Crippen LogP) is 3.54. The molecule has 0 unspecified atom stereocenters. The second-order valence-corrected chi connectivity index (χ2v) is 4.93. The largest absolute Gasteiger partial charge is 0.508 e. The van der Waals surface area contributed by atoms with Gasteiger partial charge in [-0.3, -0.25) is 0 Å². The Hall–Kier alpha value is -1.77. The number of pyridine rings is 1. The lowest BCUT2D eigenvalue weighted by Gasteiger charge is -2.25. The molecule has 0 aliphatic heterocycles. The molecular weight excluding hydrogens is 212 g/mol. The molecule has 0 aliphatic rings. The first-order valence-corrected chi connectivity index (χ1v) is 5.88. The van der Waals surface area contributed by atoms with Crippen molar-refractivity contribution in [3.8, 4) is 5.75 Å². The number of hydrogen-bond acceptors (Lipinski definition) is 3. The quantitative estimate of drug-likeness (QED) is 0.847. The van der Waals surface area contributed by atoms with Gasteiger partial charge in [0.25, 0.3) is 0 Å². The summed E-state index contributed by atoms with van der Waals surface area (Å²) < 4.78 is 0. The third-order valence-corrected chi connectivity index (χ3v) is 3.09. The number of nitrogens with one attached hydrogen (secondary N) is 1. The van der Waals surface area contributed by atoms with Crippen molar-refractivity contribution >= 4 is 16.6 Å². The molecule has 0 amide bonds. The average Bonchev–Trinajstić information content (AvgIpc) is 2.30. The van der Waals surface area contributed by atoms with Gasteiger partial charge in [-0.15, -0.1) is 0 Å². The predicted molar refractivity (Wildman–Crippen MR) is 71.4 cm³/mol. The van der Waals surface area contributed by atoms with Crippen molar-refractivity contribution in [1.29, 1.82) is 0 Å². The van der Waals surface area contributed by atoms with Gasteiger partial charge < -0.3 is 10.4 Å². The van der Waals surface area contributed by atoms with Crippen LogP contribution < -0.4 is 5.32 Å². The van der Waals surface area contributed by atoms with E-state index in [1.807, 2.05) is 12.1 Å². The van der Waals surface area contributed by atoms with E-state index in [-0.39, 0.29) is 11.3 Å². The van der Waals surface area contributed by atoms with Crippen molar-refractivity contribution in [2.75, 3.05) is 5.32 Å². The van der Waals surface area contributed by atoms with E-state index in [1.165, 1.54) is 0 Å². The maximum Gasteiger partial charge on any atom is 0.134 e. The fourth-order valence-corrected chi connectivity index (χ4v) is 1.66. The fraction of sp³-hybridized carbons (Fsp3) is 0.357. The van der Waals surface area contributed by atoms with E-state index < -0.39 is 0 Å². The number of hydrogen-bond donors (Lipinski definition) is 2. The number of nitrogens with zero attached hydrogens (tertiary/aromatic N) is 1. The number of aromatic hydroxyl groups is 1. The lowest BCUT2D eigenvalue weighted by Crippen LogP contribution is -2.30. The minimum Gasteiger partial charge on any atom is -0.508 e. The SMILES string of the molecule is CCC(C)(C)Nc1nccc2ccc(O)cc12. The van der Waals surface area contributed by atoms with E-state index in [1.54, 1.807) is 18.3 Å². The zero-order chi connectivity index (χ0) is 12.5. The number of rotatable bonds is 3. The summed E-state index contributed by atoms with van der Waals surface area (Å²) in [6, 6.07) is 7.28. The molecule has 3 heteroatoms. The summed E-state index contributed by atoms with van der Waals surface area (Å²) >= 11 is 0. The normalized spacial score (nSPS) is 11.7. The second-order valence-electron chi connectivity index (χ2n) is 4.93. The van der Waals surface area contributed by atoms with E-state index >= 15 is 0 Å². The van der Waals surface area contributed by atoms with Crippen molar-refractivity contribution in [2.45, 2.75) is 32.7 Å². The van der Waals surface area contributed by atoms with Gasteiger partial charge >= 0.3 is 0 Å². The van der Waals surface area contributed by atoms with Crippen LogP contribution >= 0.6 is 0 Å². The molecule has 1 heterocycles. The molecule has 90 valence electrons. The lowest BCUT2D eigenvalue weighted by molar-refractivity contribution is 0.476. The van der Waals surface area contributed by atoms with Crippen LogP contribution in [0.4, 0.5) is 5.82 Å². The van der Waals surface area contributed by atoms with Gasteiger partial charge in [0.2, 0.25) is 0 Å². The Morgan fingerprint density at radius 1 is 1.29 bits per heavy atom. The van der Waals surface area contributed by atoms with Crippen LogP contribution in [0.1, 0.15) is 27.2 Å². The highest BCUT2D eigenvalue weighted by Crippen LogP contribution is 2.27. The second kappa shape index (κ2) is 4.24. The number of aromatic nitrogens is 1. The molecule has 2 aromatic rings. The highest BCUT2D eigenvalue weighted by molar-refractivity contribution is 5.92. The van der Waals surface area contributed by atoms with E-state index in [0.717, 1.165) is 23.0 Å². The van der Waals surface area contributed by atoms with Crippen LogP contribution in [0.3, 0.4) is 0 Å². The molecule has 0 atom stereocenters. The molecule has 1 aromatic heterocycles. The van der Waals surface area contributed by atoms with Gasteiger partial charge in [-0.2, -0.15) is 0 Å². The molecule has 0 fully saturated rings. The average molecular weight is 230 g/mol. The molecule has 0 radical (unpaired) electrons. The smallest absolute Gasteiger partial charge is 0.134 e. The molecule has 0 saturated heterocycles. The zero-order valence-electron chi connectivity index (χ0n) is 10.5. The molecule has 2 N–H and O–H groups in total. The first-order chi connectivity index (χ1) is 8.02. The summed E-state index contributed by atoms with van der Waals surface area (Å²) in [5.41, 5.74) is -0.00720. The maximum absolute atomic E-state index is 9.55. The Bertz CT molecular complexity index is 535. The number of phenols is 1. The summed E-state index contributed by atoms with van der Waals surface area (Å²) in [5.74, 6) is 1.09. The molecule has 3 nitrogen and oxygen atoms in total. The molecule has 1 aromatic carbocycles. The molecule has 2 rings (SSSR count). The van der Waals surface area contributed by atoms with Crippen LogP contribution in [0.15, 0.2) is 30.5 Å². The Labute approximate surface area is 102 Å². The van der Waals surface area contributed by atoms with Gasteiger partial charge in [0, 0.05) is 17.1 Å². The van der Waals surface area contributed by atoms with Crippen LogP contribution in [-0.2, 0) is 0 Å². The van der Waals surface area contributed by atoms with Gasteiger partial charge in [0.1, 0.15) is 11.6 Å². The van der Waals surface area contributed by atoms with Crippen LogP contribution in [0.2, 0.25) is 0 Å². The van der Waals surface area contributed by atoms with Crippen molar-refractivity contribution < 1.29 is 5.11 Å². The molecule has 0 spiro atoms. The van der Waals surface area contributed by atoms with E-state index in [0.29, 0.717) is 0 Å². The molecule has 17 heavy (non-hydrogen) atoms. The third-order valence-electron chi connectivity index (χ3n) is 3.09. The minimum absolute atomic E-state index is 0.00720. The van der Waals surface area contributed by atoms with Crippen molar-refractivity contribution in [2.24, 2.45) is 0 Å². The molecular formula is C14H18N2O. The van der Waals surface area contributed by atoms with Gasteiger partial charge in [-0.05, 0) is 43.9 Å². The Balaban J connectivity index is 2.50. The number of benzene rings is 1. The highest BCUT2D eigenvalue weighted by Gasteiger charge is 2.16. The van der Waals surface area contributed by atoms with Crippen LogP contribution in [-0.4, -0.2) is 15.6 Å². The fourth-order valence-electron chi connectivity index (χ4n) is 1.66. The Morgan fingerprint density at radius 3 is 2.76 bits per heavy atom. The van der Waals surface area contributed by atoms with Gasteiger partial charge in [0.15, 0.2) is 0 Å². The zero-order valence-corrected chi connectivity index (χ0v) is 10.5. The minimum atomic E-state index is -0.00720. The molecule has 0 saturated carbocycles. The monoisotopic (exact) mass is 230 g/mol. The Morgan fingerprint density at radius 2 is 2.06 bits per heavy atom. The third kappa shape index (κ3) is 2.49. The summed E-state index contributed by atoms with van der Waals surface area (Å²) in [6.07, 6.45) is 2.79. The standard InChI is InChI=1S/C14H18N2O/c1-4-14(2,3)16-13-12-9-11(17)6-5-10(12)7-8-15-13/h5-9,17H,4H2,1-3H3,(H,15,16). The van der Waals surface area contributed by atoms with Crippen LogP contribution in [0, 0.1) is 0 Å². The molecule has 0 aliphatic carbocycles. The van der Waals surface area contributed by atoms with E-state index in [4.69, 9.17) is 0 Å². The van der Waals surface area contributed by atoms with Crippen LogP contribution in [0.25, 0.3) is 10.8 Å². The lowest BCUT2D eigenvalue weighted by atomic mass is 10.0. The van der Waals surface area contributed by atoms with Crippen molar-refractivity contribution in [3.63, 3.8) is 0 Å². The van der Waals surface area contributed by atoms with Gasteiger partial charge in [0.05, 0.1) is 0 Å². The molecule has 0 bridgehead atoms. The first kappa shape index (κ1) is 11.7. The topological polar surface area (TPSA) is 45.2 Å². The number of fused-ring (bicyclic) bond motifs is 1. The summed E-state index contributed by atoms with van der Waals surface area (Å²) in [6.45, 7) is 6.40. The van der Waals surface area contributed by atoms with Crippen molar-refractivity contribution in [3.05, 3.63) is 30.5 Å². The summed E-state index contributed by atoms with van der Waals surface area (Å²) in [5, 5.41) is 15.0. The number of anilines is 1. The van der Waals surface area contributed by atoms with Crippen LogP contribution in [0.5, 0.6) is 5.75 Å². The van der Waals surface area contributed by atoms with Crippen molar-refractivity contribution in [1.82, 2.24) is 4.98 Å². The van der Waals surface area contributed by atoms with Gasteiger partial charge in [-0.1, -0.05) is 13.0 Å². The number of phenolic OH excluding ortho intramolecular Hbond substituents is 1. The van der Waals surface area contributed by atoms with Gasteiger partial charge in [-0.25, -0.2) is 4.98 Å². The maximum atomic E-state index is 9.55. The first-order valence-electron chi connectivity index (χ1n) is 5.88. The summed E-state index contributed by atoms with van der Waals surface area (Å²) in [4.78, 5) is 4.36. The summed E-state index contributed by atoms with van der Waals surface area (Å²) in [7, 11) is 0. The highest BCUT2D eigenvalue weighted by atomic mass is 16.3. The van der Waals surface area contributed by atoms with E-state index in [2.05, 4.69) is 31.1 Å². The van der Waals surface area contributed by atoms with E-state index in [9.17, 15) is 5.11 Å². The Kier molecular flexibility index (Phi) is 2.92.